The smallest absolute Gasteiger partial charge is 0.420 e. The van der Waals surface area contributed by atoms with Crippen molar-refractivity contribution < 1.29 is 37.2 Å². The molecule has 2 aliphatic heterocycles. The van der Waals surface area contributed by atoms with E-state index < -0.39 is 35.1 Å². The molecule has 2 N–H and O–H groups in total. The van der Waals surface area contributed by atoms with Crippen LogP contribution < -0.4 is 15.4 Å². The second-order valence-corrected chi connectivity index (χ2v) is 14.3. The van der Waals surface area contributed by atoms with E-state index in [4.69, 9.17) is 20.5 Å². The Morgan fingerprint density at radius 1 is 1.18 bits per heavy atom. The molecule has 0 aliphatic carbocycles. The molecule has 256 valence electrons. The van der Waals surface area contributed by atoms with Crippen LogP contribution in [0.15, 0.2) is 53.7 Å². The van der Waals surface area contributed by atoms with Gasteiger partial charge in [0.15, 0.2) is 12.8 Å². The zero-order valence-electron chi connectivity index (χ0n) is 27.6. The molecular weight excluding hydrogens is 652 g/mol. The largest absolute Gasteiger partial charge is 0.488 e. The van der Waals surface area contributed by atoms with Crippen molar-refractivity contribution in [2.24, 2.45) is 11.7 Å². The number of nitrogens with zero attached hydrogens (tertiary/aromatic N) is 4. The van der Waals surface area contributed by atoms with Crippen LogP contribution in [0, 0.1) is 28.9 Å². The molecule has 1 saturated heterocycles. The zero-order chi connectivity index (χ0) is 35.3. The first-order valence-corrected chi connectivity index (χ1v) is 16.9. The number of nitrogens with two attached hydrogens (primary N) is 1. The number of hydrogen-bond acceptors (Lipinski definition) is 9. The molecule has 0 saturated carbocycles. The summed E-state index contributed by atoms with van der Waals surface area (Å²) < 4.78 is 41.6. The predicted molar refractivity (Wildman–Crippen MR) is 179 cm³/mol. The van der Waals surface area contributed by atoms with Crippen LogP contribution in [0.1, 0.15) is 73.5 Å². The number of carbonyl (C=O) groups is 3. The highest BCUT2D eigenvalue weighted by molar-refractivity contribution is 7.99. The van der Waals surface area contributed by atoms with Gasteiger partial charge in [0.05, 0.1) is 27.9 Å². The number of primary amides is 1. The van der Waals surface area contributed by atoms with Gasteiger partial charge in [-0.25, -0.2) is 18.6 Å². The van der Waals surface area contributed by atoms with Crippen LogP contribution in [0.4, 0.5) is 14.5 Å². The molecule has 3 heterocycles. The summed E-state index contributed by atoms with van der Waals surface area (Å²) in [5.74, 6) is -3.43. The lowest BCUT2D eigenvalue weighted by atomic mass is 10.0. The van der Waals surface area contributed by atoms with E-state index in [1.807, 2.05) is 23.1 Å². The lowest BCUT2D eigenvalue weighted by molar-refractivity contribution is -0.434. The van der Waals surface area contributed by atoms with Crippen molar-refractivity contribution in [3.8, 4) is 11.8 Å². The summed E-state index contributed by atoms with van der Waals surface area (Å²) in [6, 6.07) is 12.6. The Morgan fingerprint density at radius 2 is 1.94 bits per heavy atom. The van der Waals surface area contributed by atoms with Crippen LogP contribution in [-0.2, 0) is 27.5 Å². The number of benzene rings is 2. The first kappa shape index (κ1) is 35.5. The minimum Gasteiger partial charge on any atom is -0.488 e. The first-order valence-electron chi connectivity index (χ1n) is 16.0. The van der Waals surface area contributed by atoms with E-state index >= 15 is 0 Å². The number of rotatable bonds is 11. The Bertz CT molecular complexity index is 1810. The van der Waals surface area contributed by atoms with Gasteiger partial charge in [-0.05, 0) is 70.4 Å². The molecule has 1 fully saturated rings. The summed E-state index contributed by atoms with van der Waals surface area (Å²) in [5, 5.41) is 10.1. The van der Waals surface area contributed by atoms with Gasteiger partial charge < -0.3 is 20.1 Å². The number of ether oxygens (including phenoxy) is 2. The van der Waals surface area contributed by atoms with Gasteiger partial charge in [0.25, 0.3) is 0 Å². The quantitative estimate of drug-likeness (QED) is 0.203. The number of esters is 1. The topological polar surface area (TPSA) is 139 Å². The number of halogens is 2. The molecule has 1 atom stereocenters. The van der Waals surface area contributed by atoms with E-state index in [0.717, 1.165) is 29.5 Å². The Hall–Kier alpha value is -4.83. The summed E-state index contributed by atoms with van der Waals surface area (Å²) in [6.45, 7) is 6.73. The number of hydrogen-bond donors (Lipinski definition) is 1. The minimum atomic E-state index is -0.916. The van der Waals surface area contributed by atoms with Crippen LogP contribution >= 0.6 is 11.8 Å². The molecule has 0 radical (unpaired) electrons. The van der Waals surface area contributed by atoms with Gasteiger partial charge in [-0.15, -0.1) is 11.8 Å². The SMILES string of the molecule is CC(C)(C)OC(=O)CCC(/C=[N+]1/Cc2c(OCc3ccc(SC4CCN(c5ccc(C#N)cc5F)CC4)nc3)cc(F)cc2C1=O)C(N)=O. The minimum absolute atomic E-state index is 0.0461. The summed E-state index contributed by atoms with van der Waals surface area (Å²) >= 11 is 1.66. The van der Waals surface area contributed by atoms with Gasteiger partial charge in [0.1, 0.15) is 41.1 Å². The van der Waals surface area contributed by atoms with Crippen LogP contribution in [0.3, 0.4) is 0 Å². The van der Waals surface area contributed by atoms with Crippen LogP contribution in [0.5, 0.6) is 5.75 Å². The summed E-state index contributed by atoms with van der Waals surface area (Å²) in [5.41, 5.74) is 7.05. The highest BCUT2D eigenvalue weighted by Gasteiger charge is 2.37. The van der Waals surface area contributed by atoms with Crippen molar-refractivity contribution in [3.63, 3.8) is 0 Å². The maximum Gasteiger partial charge on any atom is 0.420 e. The molecule has 0 spiro atoms. The highest BCUT2D eigenvalue weighted by Crippen LogP contribution is 2.33. The van der Waals surface area contributed by atoms with Gasteiger partial charge in [0, 0.05) is 42.6 Å². The van der Waals surface area contributed by atoms with Gasteiger partial charge in [0.2, 0.25) is 5.91 Å². The Kier molecular flexibility index (Phi) is 11.0. The number of aromatic nitrogens is 1. The van der Waals surface area contributed by atoms with Crippen molar-refractivity contribution in [1.82, 2.24) is 4.98 Å². The Balaban J connectivity index is 1.17. The number of pyridine rings is 1. The van der Waals surface area contributed by atoms with E-state index in [0.29, 0.717) is 35.2 Å². The lowest BCUT2D eigenvalue weighted by Crippen LogP contribution is -2.35. The standard InChI is InChI=1S/C36H37F2N5O5S/c1-36(2,3)48-33(44)9-6-24(34(40)45)19-43-20-28-27(35(43)46)15-25(37)16-31(28)47-21-23-5-8-32(41-18-23)49-26-10-12-42(13-11-26)30-7-4-22(17-39)14-29(30)38/h4-5,7-8,14-16,18-19,24,26H,6,9-13,20-21H2,1-3H3,(H-,40,45)/p+1/b43-19-. The highest BCUT2D eigenvalue weighted by atomic mass is 32.2. The average Bonchev–Trinajstić information content (AvgIpc) is 3.36. The van der Waals surface area contributed by atoms with Crippen LogP contribution in [0.25, 0.3) is 0 Å². The first-order chi connectivity index (χ1) is 23.3. The van der Waals surface area contributed by atoms with Crippen molar-refractivity contribution >= 4 is 41.4 Å². The van der Waals surface area contributed by atoms with E-state index in [1.165, 1.54) is 22.9 Å². The number of thioether (sulfide) groups is 1. The molecule has 1 aromatic heterocycles. The van der Waals surface area contributed by atoms with Crippen LogP contribution in [0.2, 0.25) is 0 Å². The molecule has 49 heavy (non-hydrogen) atoms. The second kappa shape index (κ2) is 15.2. The van der Waals surface area contributed by atoms with Crippen molar-refractivity contribution in [3.05, 3.63) is 82.5 Å². The van der Waals surface area contributed by atoms with E-state index in [2.05, 4.69) is 4.98 Å². The lowest BCUT2D eigenvalue weighted by Gasteiger charge is -2.33. The third-order valence-electron chi connectivity index (χ3n) is 8.14. The van der Waals surface area contributed by atoms with Crippen molar-refractivity contribution in [1.29, 1.82) is 5.26 Å². The summed E-state index contributed by atoms with van der Waals surface area (Å²) in [6.07, 6.45) is 4.76. The fraction of sp³-hybridized carbons (Fsp3) is 0.389. The predicted octanol–water partition coefficient (Wildman–Crippen LogP) is 5.53. The third-order valence-corrected chi connectivity index (χ3v) is 9.42. The van der Waals surface area contributed by atoms with Gasteiger partial charge >= 0.3 is 11.9 Å². The Labute approximate surface area is 287 Å². The third kappa shape index (κ3) is 9.20. The van der Waals surface area contributed by atoms with Crippen molar-refractivity contribution in [2.75, 3.05) is 18.0 Å². The number of amides is 2. The maximum absolute atomic E-state index is 14.6. The average molecular weight is 691 g/mol. The number of fused-ring (bicyclic) bond motifs is 1. The van der Waals surface area contributed by atoms with E-state index in [1.54, 1.807) is 50.9 Å². The fourth-order valence-corrected chi connectivity index (χ4v) is 6.78. The molecular formula is C36H38F2N5O5S+. The number of piperidine rings is 1. The second-order valence-electron chi connectivity index (χ2n) is 13.0. The monoisotopic (exact) mass is 690 g/mol. The van der Waals surface area contributed by atoms with Gasteiger partial charge in [-0.2, -0.15) is 9.84 Å². The number of anilines is 1. The van der Waals surface area contributed by atoms with Crippen molar-refractivity contribution in [2.45, 2.75) is 75.5 Å². The normalized spacial score (nSPS) is 16.3. The summed E-state index contributed by atoms with van der Waals surface area (Å²) in [4.78, 5) is 44.1. The van der Waals surface area contributed by atoms with E-state index in [9.17, 15) is 23.2 Å². The fourth-order valence-electron chi connectivity index (χ4n) is 5.73. The van der Waals surface area contributed by atoms with Gasteiger partial charge in [-0.3, -0.25) is 9.59 Å². The molecule has 3 aromatic rings. The molecule has 2 aliphatic rings. The number of carbonyl (C=O) groups excluding carboxylic acids is 3. The molecule has 5 rings (SSSR count). The molecule has 2 aromatic carbocycles. The van der Waals surface area contributed by atoms with Gasteiger partial charge in [-0.1, -0.05) is 6.07 Å². The molecule has 10 nitrogen and oxygen atoms in total. The molecule has 13 heteroatoms. The van der Waals surface area contributed by atoms with Crippen LogP contribution in [-0.4, -0.2) is 57.5 Å². The molecule has 0 bridgehead atoms. The maximum atomic E-state index is 14.6. The van der Waals surface area contributed by atoms with E-state index in [-0.39, 0.29) is 43.1 Å². The number of nitriles is 1. The summed E-state index contributed by atoms with van der Waals surface area (Å²) in [7, 11) is 0. The molecule has 2 amide bonds. The molecule has 1 unspecified atom stereocenters. The Morgan fingerprint density at radius 3 is 2.57 bits per heavy atom. The zero-order valence-corrected chi connectivity index (χ0v) is 28.4.